The van der Waals surface area contributed by atoms with Crippen LogP contribution in [0.5, 0.6) is 0 Å². The van der Waals surface area contributed by atoms with Gasteiger partial charge in [0.05, 0.1) is 18.3 Å². The number of nitrogens with zero attached hydrogens (tertiary/aromatic N) is 3. The van der Waals surface area contributed by atoms with Crippen LogP contribution in [0.1, 0.15) is 5.69 Å². The molecule has 112 valence electrons. The van der Waals surface area contributed by atoms with Crippen molar-refractivity contribution >= 4 is 22.4 Å². The minimum atomic E-state index is -0.330. The number of aromatic nitrogens is 3. The Morgan fingerprint density at radius 1 is 1.50 bits per heavy atom. The van der Waals surface area contributed by atoms with Crippen LogP contribution in [0.4, 0.5) is 5.13 Å². The first-order chi connectivity index (χ1) is 10.6. The van der Waals surface area contributed by atoms with E-state index < -0.39 is 0 Å². The summed E-state index contributed by atoms with van der Waals surface area (Å²) in [4.78, 5) is 32.2. The van der Waals surface area contributed by atoms with Gasteiger partial charge in [-0.15, -0.1) is 11.3 Å². The summed E-state index contributed by atoms with van der Waals surface area (Å²) in [6.07, 6.45) is 2.83. The predicted molar refractivity (Wildman–Crippen MR) is 81.7 cm³/mol. The first-order valence-electron chi connectivity index (χ1n) is 6.44. The molecule has 8 heteroatoms. The molecule has 22 heavy (non-hydrogen) atoms. The van der Waals surface area contributed by atoms with Crippen LogP contribution < -0.4 is 10.9 Å². The van der Waals surface area contributed by atoms with Gasteiger partial charge in [-0.3, -0.25) is 14.2 Å². The van der Waals surface area contributed by atoms with Crippen molar-refractivity contribution in [3.8, 4) is 11.5 Å². The predicted octanol–water partition coefficient (Wildman–Crippen LogP) is 1.91. The zero-order valence-electron chi connectivity index (χ0n) is 11.6. The Morgan fingerprint density at radius 2 is 2.36 bits per heavy atom. The van der Waals surface area contributed by atoms with Crippen molar-refractivity contribution in [1.82, 2.24) is 14.5 Å². The molecule has 0 fully saturated rings. The number of carbonyl (C=O) groups is 1. The molecule has 7 nitrogen and oxygen atoms in total. The topological polar surface area (TPSA) is 90.0 Å². The second-order valence-electron chi connectivity index (χ2n) is 4.56. The van der Waals surface area contributed by atoms with Gasteiger partial charge in [0.15, 0.2) is 10.9 Å². The van der Waals surface area contributed by atoms with Gasteiger partial charge in [0.25, 0.3) is 5.56 Å². The maximum Gasteiger partial charge on any atom is 0.254 e. The molecule has 0 saturated carbocycles. The standard InChI is InChI=1S/C14H12N4O3S/c1-9-7-22-14(16-9)17-12(19)6-18-8-15-10(5-13(18)20)11-3-2-4-21-11/h2-5,7-8H,6H2,1H3,(H,16,17,19). The molecule has 0 spiro atoms. The van der Waals surface area contributed by atoms with E-state index in [2.05, 4.69) is 15.3 Å². The first kappa shape index (κ1) is 14.2. The molecule has 0 bridgehead atoms. The zero-order chi connectivity index (χ0) is 15.5. The van der Waals surface area contributed by atoms with Crippen molar-refractivity contribution < 1.29 is 9.21 Å². The molecule has 0 radical (unpaired) electrons. The maximum atomic E-state index is 12.0. The molecule has 1 amide bonds. The van der Waals surface area contributed by atoms with Crippen LogP contribution in [0.15, 0.2) is 45.4 Å². The quantitative estimate of drug-likeness (QED) is 0.794. The Labute approximate surface area is 129 Å². The molecule has 0 aliphatic carbocycles. The molecular weight excluding hydrogens is 304 g/mol. The van der Waals surface area contributed by atoms with Crippen LogP contribution >= 0.6 is 11.3 Å². The van der Waals surface area contributed by atoms with E-state index >= 15 is 0 Å². The molecule has 3 aromatic heterocycles. The number of carbonyl (C=O) groups excluding carboxylic acids is 1. The number of nitrogens with one attached hydrogen (secondary N) is 1. The van der Waals surface area contributed by atoms with E-state index in [-0.39, 0.29) is 18.0 Å². The third-order valence-electron chi connectivity index (χ3n) is 2.83. The minimum absolute atomic E-state index is 0.122. The van der Waals surface area contributed by atoms with E-state index in [1.54, 1.807) is 12.1 Å². The number of amides is 1. The lowest BCUT2D eigenvalue weighted by Crippen LogP contribution is -2.27. The van der Waals surface area contributed by atoms with E-state index in [0.717, 1.165) is 5.69 Å². The van der Waals surface area contributed by atoms with E-state index in [1.165, 1.54) is 34.6 Å². The highest BCUT2D eigenvalue weighted by atomic mass is 32.1. The Hall–Kier alpha value is -2.74. The molecule has 0 saturated heterocycles. The number of rotatable bonds is 4. The van der Waals surface area contributed by atoms with E-state index in [4.69, 9.17) is 4.42 Å². The fraction of sp³-hybridized carbons (Fsp3) is 0.143. The van der Waals surface area contributed by atoms with Gasteiger partial charge in [-0.25, -0.2) is 9.97 Å². The summed E-state index contributed by atoms with van der Waals surface area (Å²) in [7, 11) is 0. The van der Waals surface area contributed by atoms with Crippen molar-refractivity contribution in [2.45, 2.75) is 13.5 Å². The second kappa shape index (κ2) is 5.94. The summed E-state index contributed by atoms with van der Waals surface area (Å²) in [5, 5.41) is 4.99. The number of aryl methyl sites for hydroxylation is 1. The molecule has 1 N–H and O–H groups in total. The van der Waals surface area contributed by atoms with E-state index in [9.17, 15) is 9.59 Å². The van der Waals surface area contributed by atoms with Crippen LogP contribution in [0, 0.1) is 6.92 Å². The van der Waals surface area contributed by atoms with Gasteiger partial charge in [-0.1, -0.05) is 0 Å². The van der Waals surface area contributed by atoms with Crippen molar-refractivity contribution in [3.05, 3.63) is 52.2 Å². The van der Waals surface area contributed by atoms with Gasteiger partial charge < -0.3 is 9.73 Å². The highest BCUT2D eigenvalue weighted by Crippen LogP contribution is 2.15. The van der Waals surface area contributed by atoms with Crippen LogP contribution in [0.2, 0.25) is 0 Å². The smallest absolute Gasteiger partial charge is 0.254 e. The van der Waals surface area contributed by atoms with Gasteiger partial charge in [0.2, 0.25) is 5.91 Å². The van der Waals surface area contributed by atoms with Crippen LogP contribution in [0.3, 0.4) is 0 Å². The molecule has 3 heterocycles. The Kier molecular flexibility index (Phi) is 3.84. The van der Waals surface area contributed by atoms with Crippen LogP contribution in [-0.4, -0.2) is 20.4 Å². The van der Waals surface area contributed by atoms with E-state index in [1.807, 2.05) is 12.3 Å². The number of hydrogen-bond acceptors (Lipinski definition) is 6. The SMILES string of the molecule is Cc1csc(NC(=O)Cn2cnc(-c3ccco3)cc2=O)n1. The minimum Gasteiger partial charge on any atom is -0.463 e. The van der Waals surface area contributed by atoms with Crippen molar-refractivity contribution in [1.29, 1.82) is 0 Å². The average Bonchev–Trinajstić information content (AvgIpc) is 3.13. The molecule has 0 unspecified atom stereocenters. The molecule has 0 aromatic carbocycles. The molecule has 0 atom stereocenters. The molecular formula is C14H12N4O3S. The summed E-state index contributed by atoms with van der Waals surface area (Å²) in [6, 6.07) is 4.76. The lowest BCUT2D eigenvalue weighted by atomic mass is 10.3. The van der Waals surface area contributed by atoms with Gasteiger partial charge in [-0.2, -0.15) is 0 Å². The fourth-order valence-corrected chi connectivity index (χ4v) is 2.53. The Bertz CT molecular complexity index is 851. The van der Waals surface area contributed by atoms with Gasteiger partial charge >= 0.3 is 0 Å². The van der Waals surface area contributed by atoms with Crippen molar-refractivity contribution in [3.63, 3.8) is 0 Å². The van der Waals surface area contributed by atoms with E-state index in [0.29, 0.717) is 16.6 Å². The normalized spacial score (nSPS) is 10.6. The third kappa shape index (κ3) is 3.12. The first-order valence-corrected chi connectivity index (χ1v) is 7.32. The summed E-state index contributed by atoms with van der Waals surface area (Å²) in [5.41, 5.74) is 0.941. The molecule has 3 rings (SSSR count). The second-order valence-corrected chi connectivity index (χ2v) is 5.42. The highest BCUT2D eigenvalue weighted by molar-refractivity contribution is 7.13. The molecule has 0 aliphatic rings. The summed E-state index contributed by atoms with van der Waals surface area (Å²) < 4.78 is 6.40. The lowest BCUT2D eigenvalue weighted by molar-refractivity contribution is -0.116. The van der Waals surface area contributed by atoms with Crippen molar-refractivity contribution in [2.75, 3.05) is 5.32 Å². The highest BCUT2D eigenvalue weighted by Gasteiger charge is 2.09. The Balaban J connectivity index is 1.72. The Morgan fingerprint density at radius 3 is 3.00 bits per heavy atom. The average molecular weight is 316 g/mol. The summed E-state index contributed by atoms with van der Waals surface area (Å²) in [5.74, 6) is 0.177. The molecule has 3 aromatic rings. The maximum absolute atomic E-state index is 12.0. The number of thiazole rings is 1. The summed E-state index contributed by atoms with van der Waals surface area (Å²) >= 11 is 1.33. The number of anilines is 1. The van der Waals surface area contributed by atoms with Crippen LogP contribution in [-0.2, 0) is 11.3 Å². The number of hydrogen-bond donors (Lipinski definition) is 1. The number of furan rings is 1. The van der Waals surface area contributed by atoms with Gasteiger partial charge in [0, 0.05) is 11.4 Å². The van der Waals surface area contributed by atoms with Gasteiger partial charge in [0.1, 0.15) is 12.2 Å². The molecule has 0 aliphatic heterocycles. The van der Waals surface area contributed by atoms with Crippen molar-refractivity contribution in [2.24, 2.45) is 0 Å². The fourth-order valence-electron chi connectivity index (χ4n) is 1.83. The summed E-state index contributed by atoms with van der Waals surface area (Å²) in [6.45, 7) is 1.72. The zero-order valence-corrected chi connectivity index (χ0v) is 12.5. The monoisotopic (exact) mass is 316 g/mol. The lowest BCUT2D eigenvalue weighted by Gasteiger charge is -2.05. The van der Waals surface area contributed by atoms with Crippen LogP contribution in [0.25, 0.3) is 11.5 Å². The van der Waals surface area contributed by atoms with Gasteiger partial charge in [-0.05, 0) is 19.1 Å². The largest absolute Gasteiger partial charge is 0.463 e. The third-order valence-corrected chi connectivity index (χ3v) is 3.71.